The van der Waals surface area contributed by atoms with Gasteiger partial charge in [0.1, 0.15) is 0 Å². The van der Waals surface area contributed by atoms with Gasteiger partial charge >= 0.3 is 0 Å². The first-order valence-electron chi connectivity index (χ1n) is 6.08. The van der Waals surface area contributed by atoms with Crippen LogP contribution in [0.4, 0.5) is 0 Å². The van der Waals surface area contributed by atoms with Gasteiger partial charge in [-0.15, -0.1) is 0 Å². The maximum Gasteiger partial charge on any atom is 0.0533 e. The number of hydrogen-bond donors (Lipinski definition) is 1. The molecule has 0 radical (unpaired) electrons. The van der Waals surface area contributed by atoms with E-state index in [0.29, 0.717) is 6.04 Å². The Kier molecular flexibility index (Phi) is 6.11. The fraction of sp³-hybridized carbons (Fsp3) is 0.750. The summed E-state index contributed by atoms with van der Waals surface area (Å²) in [5.41, 5.74) is 0. The van der Waals surface area contributed by atoms with Crippen LogP contribution in [-0.2, 0) is 6.54 Å². The molecule has 0 spiro atoms. The summed E-state index contributed by atoms with van der Waals surface area (Å²) in [5, 5.41) is 7.58. The van der Waals surface area contributed by atoms with E-state index in [1.54, 1.807) is 0 Å². The molecular weight excluding hydrogens is 200 g/mol. The molecular formula is C12H24N4. The van der Waals surface area contributed by atoms with E-state index in [-0.39, 0.29) is 0 Å². The van der Waals surface area contributed by atoms with Gasteiger partial charge in [0.25, 0.3) is 0 Å². The van der Waals surface area contributed by atoms with Gasteiger partial charge in [-0.25, -0.2) is 0 Å². The molecule has 1 rings (SSSR count). The molecule has 0 saturated heterocycles. The molecule has 4 heteroatoms. The number of hydrogen-bond acceptors (Lipinski definition) is 3. The third-order valence-electron chi connectivity index (χ3n) is 2.82. The van der Waals surface area contributed by atoms with Crippen molar-refractivity contribution in [1.82, 2.24) is 20.0 Å². The van der Waals surface area contributed by atoms with E-state index in [2.05, 4.69) is 36.2 Å². The molecule has 0 aromatic carbocycles. The maximum atomic E-state index is 4.15. The quantitative estimate of drug-likeness (QED) is 0.674. The summed E-state index contributed by atoms with van der Waals surface area (Å²) in [7, 11) is 2.18. The molecule has 92 valence electrons. The van der Waals surface area contributed by atoms with E-state index in [1.165, 1.54) is 6.42 Å². The summed E-state index contributed by atoms with van der Waals surface area (Å²) in [6.07, 6.45) is 5.01. The average molecular weight is 224 g/mol. The second kappa shape index (κ2) is 7.41. The molecule has 0 saturated carbocycles. The first kappa shape index (κ1) is 13.2. The highest BCUT2D eigenvalue weighted by Crippen LogP contribution is 1.94. The lowest BCUT2D eigenvalue weighted by Gasteiger charge is -2.20. The van der Waals surface area contributed by atoms with Gasteiger partial charge in [-0.2, -0.15) is 5.10 Å². The monoisotopic (exact) mass is 224 g/mol. The van der Waals surface area contributed by atoms with Gasteiger partial charge in [0, 0.05) is 25.0 Å². The van der Waals surface area contributed by atoms with E-state index >= 15 is 0 Å². The molecule has 0 unspecified atom stereocenters. The molecule has 0 atom stereocenters. The number of aromatic nitrogens is 2. The van der Waals surface area contributed by atoms with Gasteiger partial charge in [-0.05, 0) is 46.5 Å². The zero-order valence-corrected chi connectivity index (χ0v) is 10.7. The standard InChI is InChI=1S/C12H24N4/c1-12(2)15(3)9-4-6-13-8-11-16-10-5-7-14-16/h5,7,10,12-13H,4,6,8-9,11H2,1-3H3. The summed E-state index contributed by atoms with van der Waals surface area (Å²) in [6.45, 7) is 8.64. The molecule has 1 aromatic rings. The Hall–Kier alpha value is -0.870. The van der Waals surface area contributed by atoms with Gasteiger partial charge in [-0.3, -0.25) is 4.68 Å². The van der Waals surface area contributed by atoms with Crippen LogP contribution >= 0.6 is 0 Å². The smallest absolute Gasteiger partial charge is 0.0533 e. The average Bonchev–Trinajstić information content (AvgIpc) is 2.75. The van der Waals surface area contributed by atoms with Gasteiger partial charge in [0.2, 0.25) is 0 Å². The van der Waals surface area contributed by atoms with Crippen LogP contribution in [-0.4, -0.2) is 47.4 Å². The van der Waals surface area contributed by atoms with Crippen molar-refractivity contribution in [2.75, 3.05) is 26.7 Å². The molecule has 1 heterocycles. The Labute approximate surface area is 98.6 Å². The van der Waals surface area contributed by atoms with Gasteiger partial charge in [0.15, 0.2) is 0 Å². The van der Waals surface area contributed by atoms with Crippen LogP contribution in [0.1, 0.15) is 20.3 Å². The van der Waals surface area contributed by atoms with Crippen molar-refractivity contribution in [1.29, 1.82) is 0 Å². The third-order valence-corrected chi connectivity index (χ3v) is 2.82. The molecule has 1 N–H and O–H groups in total. The van der Waals surface area contributed by atoms with Crippen LogP contribution in [0.15, 0.2) is 18.5 Å². The lowest BCUT2D eigenvalue weighted by molar-refractivity contribution is 0.269. The molecule has 0 bridgehead atoms. The number of rotatable bonds is 8. The van der Waals surface area contributed by atoms with Crippen LogP contribution in [0.3, 0.4) is 0 Å². The summed E-state index contributed by atoms with van der Waals surface area (Å²) in [6, 6.07) is 2.60. The van der Waals surface area contributed by atoms with Crippen molar-refractivity contribution in [2.45, 2.75) is 32.9 Å². The summed E-state index contributed by atoms with van der Waals surface area (Å²) in [5.74, 6) is 0. The second-order valence-electron chi connectivity index (χ2n) is 4.45. The lowest BCUT2D eigenvalue weighted by atomic mass is 10.3. The van der Waals surface area contributed by atoms with Gasteiger partial charge < -0.3 is 10.2 Å². The van der Waals surface area contributed by atoms with Crippen LogP contribution in [0.2, 0.25) is 0 Å². The SMILES string of the molecule is CC(C)N(C)CCCNCCn1cccn1. The Morgan fingerprint density at radius 2 is 2.19 bits per heavy atom. The predicted octanol–water partition coefficient (Wildman–Crippen LogP) is 1.20. The highest BCUT2D eigenvalue weighted by molar-refractivity contribution is 4.77. The molecule has 0 aliphatic rings. The molecule has 0 aliphatic carbocycles. The van der Waals surface area contributed by atoms with Crippen LogP contribution < -0.4 is 5.32 Å². The fourth-order valence-electron chi connectivity index (χ4n) is 1.46. The molecule has 16 heavy (non-hydrogen) atoms. The minimum atomic E-state index is 0.643. The van der Waals surface area contributed by atoms with Crippen molar-refractivity contribution >= 4 is 0 Å². The Bertz CT molecular complexity index is 256. The molecule has 0 aliphatic heterocycles. The summed E-state index contributed by atoms with van der Waals surface area (Å²) >= 11 is 0. The normalized spacial score (nSPS) is 11.6. The van der Waals surface area contributed by atoms with Crippen molar-refractivity contribution in [3.8, 4) is 0 Å². The number of nitrogens with one attached hydrogen (secondary N) is 1. The van der Waals surface area contributed by atoms with Crippen LogP contribution in [0.5, 0.6) is 0 Å². The van der Waals surface area contributed by atoms with E-state index < -0.39 is 0 Å². The van der Waals surface area contributed by atoms with Crippen LogP contribution in [0.25, 0.3) is 0 Å². The highest BCUT2D eigenvalue weighted by Gasteiger charge is 2.01. The Morgan fingerprint density at radius 1 is 1.38 bits per heavy atom. The Morgan fingerprint density at radius 3 is 2.81 bits per heavy atom. The maximum absolute atomic E-state index is 4.15. The molecule has 0 fully saturated rings. The second-order valence-corrected chi connectivity index (χ2v) is 4.45. The lowest BCUT2D eigenvalue weighted by Crippen LogP contribution is -2.30. The first-order chi connectivity index (χ1) is 7.70. The largest absolute Gasteiger partial charge is 0.315 e. The molecule has 0 amide bonds. The van der Waals surface area contributed by atoms with Crippen molar-refractivity contribution < 1.29 is 0 Å². The Balaban J connectivity index is 1.92. The number of nitrogens with zero attached hydrogens (tertiary/aromatic N) is 3. The van der Waals surface area contributed by atoms with E-state index in [0.717, 1.165) is 26.2 Å². The minimum Gasteiger partial charge on any atom is -0.315 e. The first-order valence-corrected chi connectivity index (χ1v) is 6.08. The third kappa shape index (κ3) is 5.28. The van der Waals surface area contributed by atoms with E-state index in [9.17, 15) is 0 Å². The molecule has 4 nitrogen and oxygen atoms in total. The van der Waals surface area contributed by atoms with E-state index in [1.807, 2.05) is 23.1 Å². The van der Waals surface area contributed by atoms with Crippen molar-refractivity contribution in [3.05, 3.63) is 18.5 Å². The van der Waals surface area contributed by atoms with Crippen molar-refractivity contribution in [2.24, 2.45) is 0 Å². The zero-order valence-electron chi connectivity index (χ0n) is 10.7. The summed E-state index contributed by atoms with van der Waals surface area (Å²) < 4.78 is 1.95. The minimum absolute atomic E-state index is 0.643. The van der Waals surface area contributed by atoms with Crippen molar-refractivity contribution in [3.63, 3.8) is 0 Å². The van der Waals surface area contributed by atoms with Gasteiger partial charge in [0.05, 0.1) is 6.54 Å². The predicted molar refractivity (Wildman–Crippen MR) is 67.5 cm³/mol. The topological polar surface area (TPSA) is 33.1 Å². The van der Waals surface area contributed by atoms with E-state index in [4.69, 9.17) is 0 Å². The summed E-state index contributed by atoms with van der Waals surface area (Å²) in [4.78, 5) is 2.37. The highest BCUT2D eigenvalue weighted by atomic mass is 15.3. The zero-order chi connectivity index (χ0) is 11.8. The van der Waals surface area contributed by atoms with Gasteiger partial charge in [-0.1, -0.05) is 0 Å². The fourth-order valence-corrected chi connectivity index (χ4v) is 1.46. The van der Waals surface area contributed by atoms with Crippen LogP contribution in [0, 0.1) is 0 Å². The molecule has 1 aromatic heterocycles.